The topological polar surface area (TPSA) is 83.6 Å². The molecule has 2 aliphatic rings. The summed E-state index contributed by atoms with van der Waals surface area (Å²) in [7, 11) is -3.64. The van der Waals surface area contributed by atoms with Crippen molar-refractivity contribution in [3.63, 3.8) is 0 Å². The third-order valence-electron chi connectivity index (χ3n) is 3.44. The van der Waals surface area contributed by atoms with Crippen molar-refractivity contribution >= 4 is 21.8 Å². The molecular formula is C12H12N2O4S. The molecule has 2 amide bonds. The van der Waals surface area contributed by atoms with Gasteiger partial charge in [0.15, 0.2) is 0 Å². The summed E-state index contributed by atoms with van der Waals surface area (Å²) in [6, 6.07) is 5.90. The minimum atomic E-state index is -3.64. The van der Waals surface area contributed by atoms with Gasteiger partial charge in [-0.25, -0.2) is 8.42 Å². The van der Waals surface area contributed by atoms with Crippen molar-refractivity contribution in [3.8, 4) is 0 Å². The highest BCUT2D eigenvalue weighted by atomic mass is 32.2. The number of piperidine rings is 1. The Morgan fingerprint density at radius 2 is 1.95 bits per heavy atom. The SMILES string of the molecule is O=C1CCC(N2Cc3ccccc3S2(=O)=O)C(=O)N1. The van der Waals surface area contributed by atoms with Crippen molar-refractivity contribution in [1.82, 2.24) is 9.62 Å². The molecule has 0 aliphatic carbocycles. The molecule has 6 nitrogen and oxygen atoms in total. The molecule has 1 fully saturated rings. The molecule has 1 unspecified atom stereocenters. The molecular weight excluding hydrogens is 268 g/mol. The molecule has 1 aromatic carbocycles. The van der Waals surface area contributed by atoms with Gasteiger partial charge in [-0.3, -0.25) is 14.9 Å². The average molecular weight is 280 g/mol. The number of carbonyl (C=O) groups excluding carboxylic acids is 2. The molecule has 1 saturated heterocycles. The fourth-order valence-electron chi connectivity index (χ4n) is 2.50. The molecule has 7 heteroatoms. The molecule has 0 radical (unpaired) electrons. The lowest BCUT2D eigenvalue weighted by atomic mass is 10.1. The monoisotopic (exact) mass is 280 g/mol. The molecule has 1 atom stereocenters. The highest BCUT2D eigenvalue weighted by molar-refractivity contribution is 7.89. The first-order valence-electron chi connectivity index (χ1n) is 5.93. The highest BCUT2D eigenvalue weighted by Crippen LogP contribution is 2.33. The smallest absolute Gasteiger partial charge is 0.245 e. The second-order valence-electron chi connectivity index (χ2n) is 4.62. The quantitative estimate of drug-likeness (QED) is 0.734. The van der Waals surface area contributed by atoms with Crippen LogP contribution >= 0.6 is 0 Å². The molecule has 1 N–H and O–H groups in total. The second kappa shape index (κ2) is 4.14. The van der Waals surface area contributed by atoms with Crippen molar-refractivity contribution in [1.29, 1.82) is 0 Å². The maximum absolute atomic E-state index is 12.4. The summed E-state index contributed by atoms with van der Waals surface area (Å²) < 4.78 is 25.9. The van der Waals surface area contributed by atoms with Crippen molar-refractivity contribution < 1.29 is 18.0 Å². The van der Waals surface area contributed by atoms with Crippen molar-refractivity contribution in [3.05, 3.63) is 29.8 Å². The van der Waals surface area contributed by atoms with Crippen molar-refractivity contribution in [2.45, 2.75) is 30.3 Å². The Bertz CT molecular complexity index is 668. The highest BCUT2D eigenvalue weighted by Gasteiger charge is 2.43. The zero-order valence-electron chi connectivity index (χ0n) is 10.00. The second-order valence-corrected chi connectivity index (χ2v) is 6.48. The summed E-state index contributed by atoms with van der Waals surface area (Å²) in [5.74, 6) is -0.886. The van der Waals surface area contributed by atoms with E-state index in [1.165, 1.54) is 10.4 Å². The zero-order chi connectivity index (χ0) is 13.6. The van der Waals surface area contributed by atoms with E-state index in [-0.39, 0.29) is 30.2 Å². The maximum atomic E-state index is 12.4. The number of imide groups is 1. The van der Waals surface area contributed by atoms with Gasteiger partial charge in [0, 0.05) is 13.0 Å². The minimum absolute atomic E-state index is 0.165. The number of sulfonamides is 1. The number of nitrogens with one attached hydrogen (secondary N) is 1. The van der Waals surface area contributed by atoms with Gasteiger partial charge in [0.2, 0.25) is 21.8 Å². The van der Waals surface area contributed by atoms with E-state index in [2.05, 4.69) is 5.32 Å². The summed E-state index contributed by atoms with van der Waals surface area (Å²) in [5, 5.41) is 2.19. The number of fused-ring (bicyclic) bond motifs is 1. The van der Waals surface area contributed by atoms with Gasteiger partial charge >= 0.3 is 0 Å². The van der Waals surface area contributed by atoms with Crippen molar-refractivity contribution in [2.75, 3.05) is 0 Å². The van der Waals surface area contributed by atoms with Crippen molar-refractivity contribution in [2.24, 2.45) is 0 Å². The Hall–Kier alpha value is -1.73. The van der Waals surface area contributed by atoms with Crippen LogP contribution in [-0.4, -0.2) is 30.6 Å². The summed E-state index contributed by atoms with van der Waals surface area (Å²) in [4.78, 5) is 23.2. The lowest BCUT2D eigenvalue weighted by Gasteiger charge is -2.28. The Kier molecular flexibility index (Phi) is 2.68. The number of carbonyl (C=O) groups is 2. The third-order valence-corrected chi connectivity index (χ3v) is 5.40. The fourth-order valence-corrected chi connectivity index (χ4v) is 4.31. The predicted molar refractivity (Wildman–Crippen MR) is 65.3 cm³/mol. The van der Waals surface area contributed by atoms with Crippen LogP contribution < -0.4 is 5.32 Å². The standard InChI is InChI=1S/C12H12N2O4S/c15-11-6-5-9(12(16)13-11)14-7-8-3-1-2-4-10(8)19(14,17)18/h1-4,9H,5-7H2,(H,13,15,16). The molecule has 2 heterocycles. The number of amides is 2. The molecule has 19 heavy (non-hydrogen) atoms. The first-order valence-corrected chi connectivity index (χ1v) is 7.37. The first-order chi connectivity index (χ1) is 9.00. The largest absolute Gasteiger partial charge is 0.295 e. The number of benzene rings is 1. The normalized spacial score (nSPS) is 26.0. The predicted octanol–water partition coefficient (Wildman–Crippen LogP) is -0.00390. The van der Waals surface area contributed by atoms with E-state index in [4.69, 9.17) is 0 Å². The van der Waals surface area contributed by atoms with Crippen LogP contribution in [0.15, 0.2) is 29.2 Å². The molecule has 0 spiro atoms. The van der Waals surface area contributed by atoms with Crippen LogP contribution in [0.1, 0.15) is 18.4 Å². The van der Waals surface area contributed by atoms with E-state index >= 15 is 0 Å². The van der Waals surface area contributed by atoms with Gasteiger partial charge in [-0.05, 0) is 18.1 Å². The van der Waals surface area contributed by atoms with E-state index in [9.17, 15) is 18.0 Å². The molecule has 0 bridgehead atoms. The molecule has 2 aliphatic heterocycles. The average Bonchev–Trinajstić information content (AvgIpc) is 2.62. The number of nitrogens with zero attached hydrogens (tertiary/aromatic N) is 1. The Labute approximate surface area is 110 Å². The van der Waals surface area contributed by atoms with E-state index in [1.807, 2.05) is 0 Å². The summed E-state index contributed by atoms with van der Waals surface area (Å²) in [5.41, 5.74) is 0.687. The van der Waals surface area contributed by atoms with Gasteiger partial charge in [-0.1, -0.05) is 18.2 Å². The van der Waals surface area contributed by atoms with Gasteiger partial charge in [0.25, 0.3) is 0 Å². The van der Waals surface area contributed by atoms with Gasteiger partial charge in [-0.2, -0.15) is 4.31 Å². The number of hydrogen-bond donors (Lipinski definition) is 1. The van der Waals surface area contributed by atoms with Crippen LogP contribution in [0.5, 0.6) is 0 Å². The molecule has 0 aromatic heterocycles. The molecule has 0 saturated carbocycles. The van der Waals surface area contributed by atoms with Crippen LogP contribution in [0.25, 0.3) is 0 Å². The van der Waals surface area contributed by atoms with E-state index in [0.717, 1.165) is 0 Å². The molecule has 3 rings (SSSR count). The summed E-state index contributed by atoms with van der Waals surface area (Å²) in [6.45, 7) is 0.185. The van der Waals surface area contributed by atoms with Gasteiger partial charge in [0.05, 0.1) is 4.90 Å². The summed E-state index contributed by atoms with van der Waals surface area (Å²) in [6.07, 6.45) is 0.399. The third kappa shape index (κ3) is 1.85. The van der Waals surface area contributed by atoms with E-state index in [1.54, 1.807) is 18.2 Å². The fraction of sp³-hybridized carbons (Fsp3) is 0.333. The lowest BCUT2D eigenvalue weighted by Crippen LogP contribution is -2.52. The van der Waals surface area contributed by atoms with Crippen LogP contribution in [0.3, 0.4) is 0 Å². The number of hydrogen-bond acceptors (Lipinski definition) is 4. The number of rotatable bonds is 1. The van der Waals surface area contributed by atoms with Crippen LogP contribution in [0, 0.1) is 0 Å². The first kappa shape index (κ1) is 12.3. The van der Waals surface area contributed by atoms with Crippen LogP contribution in [0.4, 0.5) is 0 Å². The van der Waals surface area contributed by atoms with Gasteiger partial charge in [0.1, 0.15) is 6.04 Å². The van der Waals surface area contributed by atoms with Gasteiger partial charge < -0.3 is 0 Å². The summed E-state index contributed by atoms with van der Waals surface area (Å²) >= 11 is 0. The van der Waals surface area contributed by atoms with Gasteiger partial charge in [-0.15, -0.1) is 0 Å². The lowest BCUT2D eigenvalue weighted by molar-refractivity contribution is -0.136. The Morgan fingerprint density at radius 1 is 1.21 bits per heavy atom. The minimum Gasteiger partial charge on any atom is -0.295 e. The van der Waals surface area contributed by atoms with Crippen LogP contribution in [0.2, 0.25) is 0 Å². The maximum Gasteiger partial charge on any atom is 0.245 e. The Balaban J connectivity index is 1.97. The Morgan fingerprint density at radius 3 is 2.63 bits per heavy atom. The van der Waals surface area contributed by atoms with E-state index < -0.39 is 22.0 Å². The van der Waals surface area contributed by atoms with Crippen LogP contribution in [-0.2, 0) is 26.2 Å². The molecule has 1 aromatic rings. The molecule has 100 valence electrons. The van der Waals surface area contributed by atoms with E-state index in [0.29, 0.717) is 5.56 Å². The zero-order valence-corrected chi connectivity index (χ0v) is 10.8.